The summed E-state index contributed by atoms with van der Waals surface area (Å²) >= 11 is 7.92. The van der Waals surface area contributed by atoms with Gasteiger partial charge in [0.15, 0.2) is 0 Å². The van der Waals surface area contributed by atoms with Crippen molar-refractivity contribution in [3.8, 4) is 10.7 Å². The van der Waals surface area contributed by atoms with E-state index < -0.39 is 0 Å². The van der Waals surface area contributed by atoms with E-state index in [0.717, 1.165) is 49.6 Å². The first-order chi connectivity index (χ1) is 17.0. The normalized spacial score (nSPS) is 14.7. The molecule has 3 aromatic rings. The molecule has 9 nitrogen and oxygen atoms in total. The number of hydrogen-bond acceptors (Lipinski definition) is 9. The van der Waals surface area contributed by atoms with Crippen LogP contribution in [-0.4, -0.2) is 58.5 Å². The number of piperidine rings is 1. The van der Waals surface area contributed by atoms with Crippen molar-refractivity contribution in [3.05, 3.63) is 52.3 Å². The predicted octanol–water partition coefficient (Wildman–Crippen LogP) is 3.24. The topological polar surface area (TPSA) is 135 Å². The summed E-state index contributed by atoms with van der Waals surface area (Å²) in [5.41, 5.74) is 13.0. The van der Waals surface area contributed by atoms with Crippen molar-refractivity contribution in [2.75, 3.05) is 43.8 Å². The molecule has 1 aliphatic heterocycles. The second-order valence-corrected chi connectivity index (χ2v) is 10.1. The van der Waals surface area contributed by atoms with Crippen LogP contribution in [0.4, 0.5) is 11.5 Å². The Morgan fingerprint density at radius 1 is 1.26 bits per heavy atom. The van der Waals surface area contributed by atoms with Gasteiger partial charge >= 0.3 is 0 Å². The summed E-state index contributed by atoms with van der Waals surface area (Å²) in [5.74, 6) is 0.588. The van der Waals surface area contributed by atoms with Gasteiger partial charge in [-0.3, -0.25) is 14.7 Å². The molecule has 1 aliphatic rings. The van der Waals surface area contributed by atoms with Crippen molar-refractivity contribution in [1.82, 2.24) is 25.2 Å². The fraction of sp³-hybridized carbons (Fsp3) is 0.417. The number of amides is 1. The molecule has 4 rings (SSSR count). The van der Waals surface area contributed by atoms with Gasteiger partial charge in [-0.2, -0.15) is 0 Å². The predicted molar refractivity (Wildman–Crippen MR) is 141 cm³/mol. The number of carbonyl (C=O) groups is 1. The monoisotopic (exact) mass is 514 g/mol. The van der Waals surface area contributed by atoms with Gasteiger partial charge in [-0.1, -0.05) is 17.7 Å². The Morgan fingerprint density at radius 2 is 2.09 bits per heavy atom. The quantitative estimate of drug-likeness (QED) is 0.303. The Bertz CT molecular complexity index is 1120. The number of nitrogens with zero attached hydrogens (tertiary/aromatic N) is 4. The van der Waals surface area contributed by atoms with Crippen molar-refractivity contribution in [2.24, 2.45) is 11.7 Å². The highest BCUT2D eigenvalue weighted by atomic mass is 35.5. The number of nitrogens with two attached hydrogens (primary N) is 2. The lowest BCUT2D eigenvalue weighted by Crippen LogP contribution is -2.38. The van der Waals surface area contributed by atoms with Crippen LogP contribution in [0.2, 0.25) is 5.02 Å². The maximum absolute atomic E-state index is 12.7. The third-order valence-corrected chi connectivity index (χ3v) is 7.37. The number of carbonyl (C=O) groups excluding carboxylic acids is 1. The molecule has 11 heteroatoms. The molecule has 0 spiro atoms. The summed E-state index contributed by atoms with van der Waals surface area (Å²) in [6.07, 6.45) is 6.55. The molecule has 3 aromatic heterocycles. The van der Waals surface area contributed by atoms with Crippen molar-refractivity contribution in [1.29, 1.82) is 0 Å². The average Bonchev–Trinajstić information content (AvgIpc) is 3.35. The maximum atomic E-state index is 12.7. The Balaban J connectivity index is 1.24. The van der Waals surface area contributed by atoms with Crippen LogP contribution < -0.4 is 22.1 Å². The SMILES string of the molecule is NCCCNc1nc(C(=O)NCC2CCN(Cc3cnc(-c4ccccn4)s3)CC2)cc(N)c1Cl. The molecule has 0 unspecified atom stereocenters. The zero-order valence-corrected chi connectivity index (χ0v) is 21.1. The fourth-order valence-electron chi connectivity index (χ4n) is 3.98. The van der Waals surface area contributed by atoms with Crippen molar-refractivity contribution >= 4 is 40.4 Å². The van der Waals surface area contributed by atoms with E-state index in [-0.39, 0.29) is 11.6 Å². The number of anilines is 2. The van der Waals surface area contributed by atoms with Gasteiger partial charge in [0.2, 0.25) is 0 Å². The van der Waals surface area contributed by atoms with Crippen LogP contribution in [0.15, 0.2) is 36.7 Å². The first-order valence-electron chi connectivity index (χ1n) is 11.8. The number of nitrogen functional groups attached to an aromatic ring is 1. The molecule has 0 aromatic carbocycles. The largest absolute Gasteiger partial charge is 0.397 e. The summed E-state index contributed by atoms with van der Waals surface area (Å²) in [6, 6.07) is 7.38. The van der Waals surface area contributed by atoms with Crippen molar-refractivity contribution < 1.29 is 4.79 Å². The lowest BCUT2D eigenvalue weighted by atomic mass is 9.96. The highest BCUT2D eigenvalue weighted by molar-refractivity contribution is 7.14. The molecule has 186 valence electrons. The van der Waals surface area contributed by atoms with Crippen LogP contribution in [0.5, 0.6) is 0 Å². The highest BCUT2D eigenvalue weighted by Crippen LogP contribution is 2.28. The van der Waals surface area contributed by atoms with Gasteiger partial charge in [-0.25, -0.2) is 9.97 Å². The fourth-order valence-corrected chi connectivity index (χ4v) is 5.07. The second kappa shape index (κ2) is 12.3. The van der Waals surface area contributed by atoms with E-state index in [4.69, 9.17) is 23.1 Å². The minimum atomic E-state index is -0.246. The van der Waals surface area contributed by atoms with Gasteiger partial charge in [-0.05, 0) is 63.0 Å². The molecule has 1 fully saturated rings. The van der Waals surface area contributed by atoms with E-state index in [1.54, 1.807) is 17.5 Å². The number of halogens is 1. The molecule has 0 radical (unpaired) electrons. The summed E-state index contributed by atoms with van der Waals surface area (Å²) in [5, 5.41) is 7.38. The lowest BCUT2D eigenvalue weighted by Gasteiger charge is -2.31. The van der Waals surface area contributed by atoms with Gasteiger partial charge in [-0.15, -0.1) is 11.3 Å². The molecular weight excluding hydrogens is 484 g/mol. The smallest absolute Gasteiger partial charge is 0.270 e. The highest BCUT2D eigenvalue weighted by Gasteiger charge is 2.22. The Morgan fingerprint density at radius 3 is 2.83 bits per heavy atom. The van der Waals surface area contributed by atoms with Crippen LogP contribution in [0, 0.1) is 5.92 Å². The van der Waals surface area contributed by atoms with Gasteiger partial charge in [0.05, 0.1) is 11.4 Å². The molecular formula is C24H31ClN8OS. The van der Waals surface area contributed by atoms with Gasteiger partial charge in [0, 0.05) is 36.9 Å². The molecule has 0 saturated carbocycles. The molecule has 0 bridgehead atoms. The Labute approximate surface area is 214 Å². The first-order valence-corrected chi connectivity index (χ1v) is 13.0. The lowest BCUT2D eigenvalue weighted by molar-refractivity contribution is 0.0930. The van der Waals surface area contributed by atoms with E-state index in [2.05, 4.69) is 30.5 Å². The van der Waals surface area contributed by atoms with Gasteiger partial charge in [0.1, 0.15) is 21.5 Å². The average molecular weight is 515 g/mol. The van der Waals surface area contributed by atoms with E-state index in [1.165, 1.54) is 10.9 Å². The number of pyridine rings is 2. The molecule has 6 N–H and O–H groups in total. The summed E-state index contributed by atoms with van der Waals surface area (Å²) < 4.78 is 0. The van der Waals surface area contributed by atoms with E-state index >= 15 is 0 Å². The van der Waals surface area contributed by atoms with Gasteiger partial charge < -0.3 is 22.1 Å². The number of likely N-dealkylation sites (tertiary alicyclic amines) is 1. The van der Waals surface area contributed by atoms with Crippen molar-refractivity contribution in [3.63, 3.8) is 0 Å². The van der Waals surface area contributed by atoms with Crippen LogP contribution in [0.25, 0.3) is 10.7 Å². The molecule has 4 heterocycles. The summed E-state index contributed by atoms with van der Waals surface area (Å²) in [4.78, 5) is 29.7. The van der Waals surface area contributed by atoms with E-state index in [1.807, 2.05) is 24.4 Å². The molecule has 0 atom stereocenters. The van der Waals surface area contributed by atoms with Crippen LogP contribution in [0.3, 0.4) is 0 Å². The van der Waals surface area contributed by atoms with Gasteiger partial charge in [0.25, 0.3) is 5.91 Å². The van der Waals surface area contributed by atoms with Crippen LogP contribution in [0.1, 0.15) is 34.6 Å². The number of rotatable bonds is 10. The third kappa shape index (κ3) is 6.88. The molecule has 1 saturated heterocycles. The van der Waals surface area contributed by atoms with E-state index in [9.17, 15) is 4.79 Å². The maximum Gasteiger partial charge on any atom is 0.270 e. The zero-order valence-electron chi connectivity index (χ0n) is 19.5. The molecule has 1 amide bonds. The minimum absolute atomic E-state index is 0.246. The van der Waals surface area contributed by atoms with Crippen LogP contribution >= 0.6 is 22.9 Å². The summed E-state index contributed by atoms with van der Waals surface area (Å²) in [6.45, 7) is 4.62. The zero-order chi connectivity index (χ0) is 24.6. The third-order valence-electron chi connectivity index (χ3n) is 5.97. The minimum Gasteiger partial charge on any atom is -0.397 e. The van der Waals surface area contributed by atoms with Crippen molar-refractivity contribution in [2.45, 2.75) is 25.8 Å². The number of aromatic nitrogens is 3. The summed E-state index contributed by atoms with van der Waals surface area (Å²) in [7, 11) is 0. The standard InChI is InChI=1S/C24H31ClN8OS/c25-21-18(27)12-20(32-22(21)29-9-3-7-26)23(34)30-13-16-5-10-33(11-6-16)15-17-14-31-24(35-17)19-4-1-2-8-28-19/h1-2,4,8,12,14,16H,3,5-7,9-11,13,15,26H2,(H,30,34)(H3,27,29,32). The Hall–Kier alpha value is -2.79. The molecule has 35 heavy (non-hydrogen) atoms. The second-order valence-electron chi connectivity index (χ2n) is 8.60. The molecule has 0 aliphatic carbocycles. The first kappa shape index (κ1) is 25.3. The van der Waals surface area contributed by atoms with Crippen LogP contribution in [-0.2, 0) is 6.54 Å². The number of hydrogen-bond donors (Lipinski definition) is 4. The van der Waals surface area contributed by atoms with E-state index in [0.29, 0.717) is 42.1 Å². The number of thiazole rings is 1. The Kier molecular flexibility index (Phi) is 8.86. The number of nitrogens with one attached hydrogen (secondary N) is 2.